The molecular formula is C14H16F2N4O2S. The summed E-state index contributed by atoms with van der Waals surface area (Å²) in [5.74, 6) is -2.92. The summed E-state index contributed by atoms with van der Waals surface area (Å²) in [6.07, 6.45) is 0.0829. The molecule has 2 aromatic rings. The van der Waals surface area contributed by atoms with Crippen LogP contribution in [0.3, 0.4) is 0 Å². The minimum Gasteiger partial charge on any atom is -0.500 e. The number of aromatic hydroxyl groups is 1. The maximum atomic E-state index is 13.2. The van der Waals surface area contributed by atoms with Crippen LogP contribution in [0.2, 0.25) is 0 Å². The van der Waals surface area contributed by atoms with Crippen LogP contribution in [0.25, 0.3) is 10.8 Å². The number of halogens is 2. The van der Waals surface area contributed by atoms with Gasteiger partial charge in [0.15, 0.2) is 16.6 Å². The largest absolute Gasteiger partial charge is 0.500 e. The molecule has 2 aromatic heterocycles. The minimum absolute atomic E-state index is 0.00631. The molecule has 9 heteroatoms. The molecule has 0 saturated heterocycles. The van der Waals surface area contributed by atoms with Gasteiger partial charge in [0.1, 0.15) is 0 Å². The first kappa shape index (κ1) is 15.9. The van der Waals surface area contributed by atoms with Crippen LogP contribution >= 0.6 is 11.3 Å². The summed E-state index contributed by atoms with van der Waals surface area (Å²) in [7, 11) is 0. The van der Waals surface area contributed by atoms with Crippen molar-refractivity contribution >= 4 is 17.2 Å². The van der Waals surface area contributed by atoms with Crippen LogP contribution in [-0.2, 0) is 0 Å². The molecule has 124 valence electrons. The number of hydrogen-bond acceptors (Lipinski definition) is 6. The van der Waals surface area contributed by atoms with Crippen LogP contribution < -0.4 is 10.9 Å². The van der Waals surface area contributed by atoms with Gasteiger partial charge < -0.3 is 15.4 Å². The van der Waals surface area contributed by atoms with Crippen molar-refractivity contribution in [1.29, 1.82) is 0 Å². The summed E-state index contributed by atoms with van der Waals surface area (Å²) < 4.78 is 26.4. The third kappa shape index (κ3) is 3.49. The van der Waals surface area contributed by atoms with E-state index in [-0.39, 0.29) is 43.4 Å². The number of alkyl halides is 2. The quantitative estimate of drug-likeness (QED) is 0.798. The summed E-state index contributed by atoms with van der Waals surface area (Å²) in [4.78, 5) is 22.8. The number of nitrogens with zero attached hydrogens (tertiary/aromatic N) is 2. The smallest absolute Gasteiger partial charge is 0.295 e. The molecule has 0 radical (unpaired) electrons. The Balaban J connectivity index is 1.84. The average Bonchev–Trinajstić information content (AvgIpc) is 2.92. The van der Waals surface area contributed by atoms with Gasteiger partial charge in [0.2, 0.25) is 11.7 Å². The fourth-order valence-electron chi connectivity index (χ4n) is 2.51. The normalized spacial score (nSPS) is 18.0. The molecule has 0 aromatic carbocycles. The fourth-order valence-corrected chi connectivity index (χ4v) is 3.25. The highest BCUT2D eigenvalue weighted by Gasteiger charge is 2.35. The third-order valence-corrected chi connectivity index (χ3v) is 4.74. The van der Waals surface area contributed by atoms with Gasteiger partial charge in [0.05, 0.1) is 0 Å². The molecule has 0 spiro atoms. The van der Waals surface area contributed by atoms with E-state index in [4.69, 9.17) is 0 Å². The van der Waals surface area contributed by atoms with Crippen molar-refractivity contribution in [2.24, 2.45) is 0 Å². The summed E-state index contributed by atoms with van der Waals surface area (Å²) in [5.41, 5.74) is 0.108. The molecule has 0 amide bonds. The topological polar surface area (TPSA) is 90.9 Å². The van der Waals surface area contributed by atoms with Crippen LogP contribution in [0.4, 0.5) is 14.6 Å². The Morgan fingerprint density at radius 1 is 1.39 bits per heavy atom. The maximum Gasteiger partial charge on any atom is 0.295 e. The van der Waals surface area contributed by atoms with Crippen molar-refractivity contribution < 1.29 is 13.9 Å². The molecule has 0 aliphatic heterocycles. The van der Waals surface area contributed by atoms with Crippen LogP contribution in [0.15, 0.2) is 10.2 Å². The number of aryl methyl sites for hydroxylation is 1. The summed E-state index contributed by atoms with van der Waals surface area (Å²) >= 11 is 1.32. The van der Waals surface area contributed by atoms with Gasteiger partial charge in [-0.05, 0) is 19.8 Å². The molecular weight excluding hydrogens is 326 g/mol. The van der Waals surface area contributed by atoms with Gasteiger partial charge in [-0.25, -0.2) is 18.7 Å². The lowest BCUT2D eigenvalue weighted by atomic mass is 9.92. The van der Waals surface area contributed by atoms with Crippen molar-refractivity contribution in [1.82, 2.24) is 15.0 Å². The SMILES string of the molecule is Cc1csc(-c2nc(NC3CCC(F)(F)CC3)c(O)c(=O)[nH]2)n1. The third-order valence-electron chi connectivity index (χ3n) is 3.77. The highest BCUT2D eigenvalue weighted by atomic mass is 32.1. The summed E-state index contributed by atoms with van der Waals surface area (Å²) in [6, 6.07) is -0.249. The lowest BCUT2D eigenvalue weighted by Gasteiger charge is -2.29. The van der Waals surface area contributed by atoms with E-state index in [0.717, 1.165) is 5.69 Å². The first-order valence-electron chi connectivity index (χ1n) is 7.24. The van der Waals surface area contributed by atoms with E-state index in [1.807, 2.05) is 12.3 Å². The van der Waals surface area contributed by atoms with Crippen molar-refractivity contribution in [3.8, 4) is 16.6 Å². The Hall–Kier alpha value is -2.03. The predicted molar refractivity (Wildman–Crippen MR) is 83.2 cm³/mol. The lowest BCUT2D eigenvalue weighted by Crippen LogP contribution is -2.32. The number of nitrogens with one attached hydrogen (secondary N) is 2. The number of rotatable bonds is 3. The van der Waals surface area contributed by atoms with Crippen molar-refractivity contribution in [2.75, 3.05) is 5.32 Å². The van der Waals surface area contributed by atoms with E-state index in [1.54, 1.807) is 0 Å². The zero-order valence-electron chi connectivity index (χ0n) is 12.4. The number of thiazole rings is 1. The number of aromatic amines is 1. The molecule has 0 atom stereocenters. The Labute approximate surface area is 134 Å². The second-order valence-electron chi connectivity index (χ2n) is 5.68. The second kappa shape index (κ2) is 5.88. The van der Waals surface area contributed by atoms with Gasteiger partial charge in [-0.3, -0.25) is 4.79 Å². The molecule has 6 nitrogen and oxygen atoms in total. The van der Waals surface area contributed by atoms with E-state index >= 15 is 0 Å². The Morgan fingerprint density at radius 3 is 2.70 bits per heavy atom. The standard InChI is InChI=1S/C14H16F2N4O2S/c1-7-6-23-13(17-7)11-19-10(9(21)12(22)20-11)18-8-2-4-14(15,16)5-3-8/h6,8,21H,2-5H2,1H3,(H2,18,19,20,22). The van der Waals surface area contributed by atoms with Gasteiger partial charge in [-0.1, -0.05) is 0 Å². The highest BCUT2D eigenvalue weighted by molar-refractivity contribution is 7.13. The highest BCUT2D eigenvalue weighted by Crippen LogP contribution is 2.34. The molecule has 1 aliphatic rings. The Bertz CT molecular complexity index is 764. The number of hydrogen-bond donors (Lipinski definition) is 3. The minimum atomic E-state index is -2.63. The molecule has 0 unspecified atom stereocenters. The maximum absolute atomic E-state index is 13.2. The van der Waals surface area contributed by atoms with Crippen LogP contribution in [0.5, 0.6) is 5.75 Å². The zero-order valence-corrected chi connectivity index (χ0v) is 13.2. The van der Waals surface area contributed by atoms with Gasteiger partial charge in [-0.2, -0.15) is 0 Å². The average molecular weight is 342 g/mol. The van der Waals surface area contributed by atoms with E-state index < -0.39 is 17.2 Å². The van der Waals surface area contributed by atoms with Crippen molar-refractivity contribution in [3.63, 3.8) is 0 Å². The van der Waals surface area contributed by atoms with Gasteiger partial charge in [0, 0.05) is 30.0 Å². The number of anilines is 1. The van der Waals surface area contributed by atoms with Crippen molar-refractivity contribution in [3.05, 3.63) is 21.4 Å². The van der Waals surface area contributed by atoms with Gasteiger partial charge in [-0.15, -0.1) is 11.3 Å². The van der Waals surface area contributed by atoms with E-state index in [0.29, 0.717) is 5.01 Å². The van der Waals surface area contributed by atoms with Gasteiger partial charge >= 0.3 is 0 Å². The number of H-pyrrole nitrogens is 1. The molecule has 1 saturated carbocycles. The Morgan fingerprint density at radius 2 is 2.09 bits per heavy atom. The van der Waals surface area contributed by atoms with Gasteiger partial charge in [0.25, 0.3) is 5.56 Å². The van der Waals surface area contributed by atoms with Crippen molar-refractivity contribution in [2.45, 2.75) is 44.6 Å². The molecule has 3 N–H and O–H groups in total. The molecule has 3 rings (SSSR count). The molecule has 0 bridgehead atoms. The van der Waals surface area contributed by atoms with E-state index in [2.05, 4.69) is 20.3 Å². The first-order chi connectivity index (χ1) is 10.8. The second-order valence-corrected chi connectivity index (χ2v) is 6.54. The lowest BCUT2D eigenvalue weighted by molar-refractivity contribution is -0.0361. The number of aromatic nitrogens is 3. The monoisotopic (exact) mass is 342 g/mol. The van der Waals surface area contributed by atoms with E-state index in [1.165, 1.54) is 11.3 Å². The van der Waals surface area contributed by atoms with Crippen LogP contribution in [-0.4, -0.2) is 32.0 Å². The summed E-state index contributed by atoms with van der Waals surface area (Å²) in [5, 5.41) is 15.1. The molecule has 1 aliphatic carbocycles. The Kier molecular flexibility index (Phi) is 4.05. The zero-order chi connectivity index (χ0) is 16.6. The molecule has 1 fully saturated rings. The predicted octanol–water partition coefficient (Wildman–Crippen LogP) is 2.90. The summed E-state index contributed by atoms with van der Waals surface area (Å²) in [6.45, 7) is 1.82. The fraction of sp³-hybridized carbons (Fsp3) is 0.500. The molecule has 2 heterocycles. The van der Waals surface area contributed by atoms with Crippen LogP contribution in [0.1, 0.15) is 31.4 Å². The molecule has 23 heavy (non-hydrogen) atoms. The van der Waals surface area contributed by atoms with E-state index in [9.17, 15) is 18.7 Å². The van der Waals surface area contributed by atoms with Crippen LogP contribution in [0, 0.1) is 6.92 Å². The first-order valence-corrected chi connectivity index (χ1v) is 8.12.